The Morgan fingerprint density at radius 1 is 0.276 bits per heavy atom. The zero-order valence-electron chi connectivity index (χ0n) is 32.8. The zero-order chi connectivity index (χ0) is 38.7. The Bertz CT molecular complexity index is 3070. The van der Waals surface area contributed by atoms with Crippen LogP contribution in [0.15, 0.2) is 206 Å². The summed E-state index contributed by atoms with van der Waals surface area (Å²) in [7, 11) is 0. The van der Waals surface area contributed by atoms with E-state index in [0.29, 0.717) is 11.8 Å². The van der Waals surface area contributed by atoms with Gasteiger partial charge in [-0.1, -0.05) is 196 Å². The molecule has 0 heterocycles. The molecule has 0 heteroatoms. The van der Waals surface area contributed by atoms with E-state index < -0.39 is 0 Å². The van der Waals surface area contributed by atoms with Crippen molar-refractivity contribution >= 4 is 32.3 Å². The van der Waals surface area contributed by atoms with Gasteiger partial charge in [0.05, 0.1) is 0 Å². The van der Waals surface area contributed by atoms with E-state index in [1.165, 1.54) is 110 Å². The second-order valence-corrected chi connectivity index (χ2v) is 16.2. The third-order valence-electron chi connectivity index (χ3n) is 12.5. The van der Waals surface area contributed by atoms with Crippen molar-refractivity contribution in [2.75, 3.05) is 0 Å². The van der Waals surface area contributed by atoms with E-state index in [0.717, 1.165) is 0 Å². The van der Waals surface area contributed by atoms with Crippen molar-refractivity contribution in [2.45, 2.75) is 19.8 Å². The lowest BCUT2D eigenvalue weighted by Gasteiger charge is -2.21. The van der Waals surface area contributed by atoms with Crippen molar-refractivity contribution < 1.29 is 0 Å². The smallest absolute Gasteiger partial charge is 0.0125 e. The number of hydrogen-bond acceptors (Lipinski definition) is 0. The minimum atomic E-state index is 0.380. The van der Waals surface area contributed by atoms with E-state index in [-0.39, 0.29) is 0 Å². The van der Waals surface area contributed by atoms with Gasteiger partial charge in [-0.15, -0.1) is 0 Å². The first kappa shape index (κ1) is 34.2. The molecule has 0 saturated heterocycles. The standard InChI is InChI=1S/C58H42/c1-37(2)56-49-24-12-11-23-47(49)48-30-29-40(36-55(48)56)57-50-25-13-15-27-52(50)58(53-28-16-14-26-51(53)57)54-32-31-44(45-21-9-10-22-46(45)54)43-34-41(38-17-5-3-6-18-38)33-42(35-43)39-19-7-4-8-20-39/h3-37,56H,1-2H3. The van der Waals surface area contributed by atoms with Crippen LogP contribution < -0.4 is 0 Å². The van der Waals surface area contributed by atoms with Gasteiger partial charge in [0.2, 0.25) is 0 Å². The molecule has 1 atom stereocenters. The lowest BCUT2D eigenvalue weighted by Crippen LogP contribution is -2.05. The summed E-state index contributed by atoms with van der Waals surface area (Å²) in [6.07, 6.45) is 0. The highest BCUT2D eigenvalue weighted by molar-refractivity contribution is 6.24. The molecule has 58 heavy (non-hydrogen) atoms. The third-order valence-corrected chi connectivity index (χ3v) is 12.5. The third kappa shape index (κ3) is 5.52. The van der Waals surface area contributed by atoms with Crippen LogP contribution in [0.4, 0.5) is 0 Å². The molecule has 0 spiro atoms. The largest absolute Gasteiger partial charge is 0.0622 e. The molecule has 10 aromatic carbocycles. The van der Waals surface area contributed by atoms with Crippen LogP contribution in [-0.2, 0) is 0 Å². The summed E-state index contributed by atoms with van der Waals surface area (Å²) in [4.78, 5) is 0. The van der Waals surface area contributed by atoms with Gasteiger partial charge in [0.1, 0.15) is 0 Å². The summed E-state index contributed by atoms with van der Waals surface area (Å²) in [5, 5.41) is 7.61. The van der Waals surface area contributed by atoms with Gasteiger partial charge in [0.15, 0.2) is 0 Å². The fourth-order valence-electron chi connectivity index (χ4n) is 10.00. The Balaban J connectivity index is 1.13. The first-order valence-corrected chi connectivity index (χ1v) is 20.6. The predicted octanol–water partition coefficient (Wildman–Crippen LogP) is 16.2. The average Bonchev–Trinajstić information content (AvgIpc) is 3.62. The van der Waals surface area contributed by atoms with E-state index in [4.69, 9.17) is 0 Å². The second kappa shape index (κ2) is 13.9. The molecular formula is C58H42. The Morgan fingerprint density at radius 3 is 1.29 bits per heavy atom. The molecule has 0 aliphatic heterocycles. The quantitative estimate of drug-likeness (QED) is 0.149. The highest BCUT2D eigenvalue weighted by Gasteiger charge is 2.31. The van der Waals surface area contributed by atoms with Crippen molar-refractivity contribution in [3.05, 3.63) is 217 Å². The molecule has 274 valence electrons. The Hall–Kier alpha value is -7.02. The van der Waals surface area contributed by atoms with Crippen molar-refractivity contribution in [1.29, 1.82) is 0 Å². The molecule has 0 aromatic heterocycles. The van der Waals surface area contributed by atoms with E-state index in [2.05, 4.69) is 220 Å². The van der Waals surface area contributed by atoms with Crippen LogP contribution >= 0.6 is 0 Å². The molecule has 0 bridgehead atoms. The normalized spacial score (nSPS) is 13.3. The topological polar surface area (TPSA) is 0 Å². The second-order valence-electron chi connectivity index (χ2n) is 16.2. The number of fused-ring (bicyclic) bond motifs is 6. The number of hydrogen-bond donors (Lipinski definition) is 0. The van der Waals surface area contributed by atoms with Gasteiger partial charge in [0.25, 0.3) is 0 Å². The molecule has 0 N–H and O–H groups in total. The molecule has 1 aliphatic carbocycles. The van der Waals surface area contributed by atoms with Crippen LogP contribution in [0.3, 0.4) is 0 Å². The molecule has 10 aromatic rings. The van der Waals surface area contributed by atoms with Crippen LogP contribution in [0.25, 0.3) is 99.1 Å². The highest BCUT2D eigenvalue weighted by atomic mass is 14.3. The lowest BCUT2D eigenvalue weighted by molar-refractivity contribution is 0.573. The molecule has 1 aliphatic rings. The van der Waals surface area contributed by atoms with Crippen molar-refractivity contribution in [3.63, 3.8) is 0 Å². The van der Waals surface area contributed by atoms with Crippen LogP contribution in [0.5, 0.6) is 0 Å². The summed E-state index contributed by atoms with van der Waals surface area (Å²) in [6, 6.07) is 76.7. The van der Waals surface area contributed by atoms with E-state index in [9.17, 15) is 0 Å². The van der Waals surface area contributed by atoms with Crippen LogP contribution in [0.2, 0.25) is 0 Å². The summed E-state index contributed by atoms with van der Waals surface area (Å²) in [5.74, 6) is 0.875. The van der Waals surface area contributed by atoms with E-state index in [1.54, 1.807) is 0 Å². The summed E-state index contributed by atoms with van der Waals surface area (Å²) < 4.78 is 0. The monoisotopic (exact) mass is 738 g/mol. The molecule has 0 fully saturated rings. The predicted molar refractivity (Wildman–Crippen MR) is 248 cm³/mol. The van der Waals surface area contributed by atoms with Crippen LogP contribution in [0, 0.1) is 5.92 Å². The van der Waals surface area contributed by atoms with Crippen LogP contribution in [0.1, 0.15) is 30.9 Å². The molecule has 0 saturated carbocycles. The summed E-state index contributed by atoms with van der Waals surface area (Å²) >= 11 is 0. The minimum Gasteiger partial charge on any atom is -0.0622 e. The lowest BCUT2D eigenvalue weighted by atomic mass is 9.82. The number of benzene rings is 10. The van der Waals surface area contributed by atoms with Crippen molar-refractivity contribution in [1.82, 2.24) is 0 Å². The maximum atomic E-state index is 2.51. The summed E-state index contributed by atoms with van der Waals surface area (Å²) in [5.41, 5.74) is 18.1. The van der Waals surface area contributed by atoms with Crippen molar-refractivity contribution in [3.8, 4) is 66.8 Å². The number of rotatable bonds is 6. The molecule has 0 amide bonds. The SMILES string of the molecule is CC(C)C1c2ccccc2-c2ccc(-c3c4ccccc4c(-c4ccc(-c5cc(-c6ccccc6)cc(-c6ccccc6)c5)c5ccccc45)c4ccccc34)cc21. The van der Waals surface area contributed by atoms with Gasteiger partial charge in [-0.25, -0.2) is 0 Å². The summed E-state index contributed by atoms with van der Waals surface area (Å²) in [6.45, 7) is 4.72. The highest BCUT2D eigenvalue weighted by Crippen LogP contribution is 2.51. The minimum absolute atomic E-state index is 0.380. The van der Waals surface area contributed by atoms with Gasteiger partial charge in [0, 0.05) is 5.92 Å². The molecule has 0 radical (unpaired) electrons. The van der Waals surface area contributed by atoms with Gasteiger partial charge in [-0.05, 0) is 140 Å². The molecular weight excluding hydrogens is 697 g/mol. The van der Waals surface area contributed by atoms with Gasteiger partial charge < -0.3 is 0 Å². The molecule has 11 rings (SSSR count). The zero-order valence-corrected chi connectivity index (χ0v) is 32.8. The Morgan fingerprint density at radius 2 is 0.707 bits per heavy atom. The van der Waals surface area contributed by atoms with Crippen molar-refractivity contribution in [2.24, 2.45) is 5.92 Å². The Labute approximate surface area is 340 Å². The van der Waals surface area contributed by atoms with E-state index in [1.807, 2.05) is 0 Å². The van der Waals surface area contributed by atoms with Gasteiger partial charge >= 0.3 is 0 Å². The van der Waals surface area contributed by atoms with Crippen LogP contribution in [-0.4, -0.2) is 0 Å². The average molecular weight is 739 g/mol. The molecule has 1 unspecified atom stereocenters. The maximum Gasteiger partial charge on any atom is 0.0125 e. The fraction of sp³-hybridized carbons (Fsp3) is 0.0690. The Kier molecular flexibility index (Phi) is 8.19. The first-order chi connectivity index (χ1) is 28.6. The first-order valence-electron chi connectivity index (χ1n) is 20.6. The van der Waals surface area contributed by atoms with E-state index >= 15 is 0 Å². The maximum absolute atomic E-state index is 2.51. The molecule has 0 nitrogen and oxygen atoms in total. The van der Waals surface area contributed by atoms with Gasteiger partial charge in [-0.2, -0.15) is 0 Å². The fourth-order valence-corrected chi connectivity index (χ4v) is 10.00. The van der Waals surface area contributed by atoms with Gasteiger partial charge in [-0.3, -0.25) is 0 Å².